The Labute approximate surface area is 116 Å². The molecule has 5 nitrogen and oxygen atoms in total. The number of carbonyl (C=O) groups is 2. The van der Waals surface area contributed by atoms with Crippen LogP contribution in [0.5, 0.6) is 0 Å². The summed E-state index contributed by atoms with van der Waals surface area (Å²) in [6.45, 7) is 1.93. The number of halogens is 1. The van der Waals surface area contributed by atoms with Crippen LogP contribution in [-0.2, 0) is 4.79 Å². The van der Waals surface area contributed by atoms with Gasteiger partial charge in [0.1, 0.15) is 5.82 Å². The van der Waals surface area contributed by atoms with E-state index < -0.39 is 17.3 Å². The van der Waals surface area contributed by atoms with Gasteiger partial charge in [-0.05, 0) is 50.0 Å². The van der Waals surface area contributed by atoms with Gasteiger partial charge in [-0.1, -0.05) is 0 Å². The minimum Gasteiger partial charge on any atom is -0.478 e. The monoisotopic (exact) mass is 280 g/mol. The van der Waals surface area contributed by atoms with E-state index in [-0.39, 0.29) is 5.91 Å². The maximum Gasteiger partial charge on any atom is 0.338 e. The van der Waals surface area contributed by atoms with Crippen LogP contribution in [0.15, 0.2) is 18.2 Å². The van der Waals surface area contributed by atoms with E-state index >= 15 is 0 Å². The van der Waals surface area contributed by atoms with Crippen molar-refractivity contribution in [2.24, 2.45) is 5.92 Å². The van der Waals surface area contributed by atoms with Crippen molar-refractivity contribution in [2.45, 2.75) is 19.3 Å². The number of carboxylic acid groups (broad SMARTS) is 1. The van der Waals surface area contributed by atoms with E-state index in [1.165, 1.54) is 6.07 Å². The lowest BCUT2D eigenvalue weighted by Gasteiger charge is -2.09. The number of anilines is 1. The molecule has 0 aliphatic carbocycles. The molecule has 0 aromatic heterocycles. The third kappa shape index (κ3) is 3.77. The zero-order valence-corrected chi connectivity index (χ0v) is 11.0. The highest BCUT2D eigenvalue weighted by Crippen LogP contribution is 2.17. The molecule has 1 unspecified atom stereocenters. The summed E-state index contributed by atoms with van der Waals surface area (Å²) in [5.41, 5.74) is -0.138. The van der Waals surface area contributed by atoms with Gasteiger partial charge in [0.05, 0.1) is 5.56 Å². The Bertz CT molecular complexity index is 513. The highest BCUT2D eigenvalue weighted by atomic mass is 19.1. The fraction of sp³-hybridized carbons (Fsp3) is 0.429. The van der Waals surface area contributed by atoms with Crippen molar-refractivity contribution in [2.75, 3.05) is 18.4 Å². The molecule has 0 bridgehead atoms. The van der Waals surface area contributed by atoms with Gasteiger partial charge < -0.3 is 15.7 Å². The van der Waals surface area contributed by atoms with Crippen LogP contribution in [0.1, 0.15) is 29.6 Å². The molecule has 1 fully saturated rings. The predicted octanol–water partition coefficient (Wildman–Crippen LogP) is 1.85. The summed E-state index contributed by atoms with van der Waals surface area (Å²) in [6, 6.07) is 3.53. The highest BCUT2D eigenvalue weighted by Gasteiger charge is 2.16. The van der Waals surface area contributed by atoms with Crippen LogP contribution < -0.4 is 10.6 Å². The first-order chi connectivity index (χ1) is 9.56. The molecule has 1 amide bonds. The standard InChI is InChI=1S/C14H17FN2O3/c15-12-3-2-10(7-11(12)14(19)20)17-13(18)4-1-9-5-6-16-8-9/h2-3,7,9,16H,1,4-6,8H2,(H,17,18)(H,19,20). The number of carboxylic acids is 1. The van der Waals surface area contributed by atoms with Crippen molar-refractivity contribution in [1.82, 2.24) is 5.32 Å². The smallest absolute Gasteiger partial charge is 0.338 e. The Morgan fingerprint density at radius 1 is 1.45 bits per heavy atom. The second-order valence-corrected chi connectivity index (χ2v) is 4.95. The molecule has 3 N–H and O–H groups in total. The summed E-state index contributed by atoms with van der Waals surface area (Å²) in [4.78, 5) is 22.6. The SMILES string of the molecule is O=C(CCC1CCNC1)Nc1ccc(F)c(C(=O)O)c1. The molecule has 1 heterocycles. The van der Waals surface area contributed by atoms with E-state index in [9.17, 15) is 14.0 Å². The van der Waals surface area contributed by atoms with Crippen molar-refractivity contribution in [1.29, 1.82) is 0 Å². The summed E-state index contributed by atoms with van der Waals surface area (Å²) < 4.78 is 13.2. The van der Waals surface area contributed by atoms with E-state index in [1.807, 2.05) is 0 Å². The van der Waals surface area contributed by atoms with E-state index in [0.717, 1.165) is 38.1 Å². The lowest BCUT2D eigenvalue weighted by Crippen LogP contribution is -2.15. The zero-order chi connectivity index (χ0) is 14.5. The first kappa shape index (κ1) is 14.5. The molecule has 6 heteroatoms. The van der Waals surface area contributed by atoms with Crippen LogP contribution in [-0.4, -0.2) is 30.1 Å². The molecule has 108 valence electrons. The van der Waals surface area contributed by atoms with Crippen LogP contribution in [0.3, 0.4) is 0 Å². The first-order valence-corrected chi connectivity index (χ1v) is 6.59. The van der Waals surface area contributed by atoms with Crippen molar-refractivity contribution in [3.05, 3.63) is 29.6 Å². The molecule has 1 aromatic rings. The van der Waals surface area contributed by atoms with Gasteiger partial charge >= 0.3 is 5.97 Å². The number of benzene rings is 1. The fourth-order valence-corrected chi connectivity index (χ4v) is 2.29. The Balaban J connectivity index is 1.90. The molecule has 20 heavy (non-hydrogen) atoms. The summed E-state index contributed by atoms with van der Waals surface area (Å²) in [6.07, 6.45) is 2.25. The molecule has 0 radical (unpaired) electrons. The quantitative estimate of drug-likeness (QED) is 0.769. The third-order valence-electron chi connectivity index (χ3n) is 3.42. The molecule has 1 aliphatic heterocycles. The number of amides is 1. The van der Waals surface area contributed by atoms with Gasteiger partial charge in [0.2, 0.25) is 5.91 Å². The molecule has 2 rings (SSSR count). The average Bonchev–Trinajstić information content (AvgIpc) is 2.91. The van der Waals surface area contributed by atoms with Crippen molar-refractivity contribution < 1.29 is 19.1 Å². The topological polar surface area (TPSA) is 78.4 Å². The number of carbonyl (C=O) groups excluding carboxylic acids is 1. The normalized spacial score (nSPS) is 17.9. The summed E-state index contributed by atoms with van der Waals surface area (Å²) in [5, 5.41) is 14.6. The molecule has 0 saturated carbocycles. The Kier molecular flexibility index (Phi) is 4.68. The van der Waals surface area contributed by atoms with E-state index in [2.05, 4.69) is 10.6 Å². The van der Waals surface area contributed by atoms with Gasteiger partial charge in [-0.15, -0.1) is 0 Å². The predicted molar refractivity (Wildman–Crippen MR) is 72.2 cm³/mol. The van der Waals surface area contributed by atoms with E-state index in [0.29, 0.717) is 18.0 Å². The summed E-state index contributed by atoms with van der Waals surface area (Å²) >= 11 is 0. The van der Waals surface area contributed by atoms with Gasteiger partial charge in [0.25, 0.3) is 0 Å². The van der Waals surface area contributed by atoms with Crippen molar-refractivity contribution >= 4 is 17.6 Å². The minimum atomic E-state index is -1.35. The molecule has 1 aromatic carbocycles. The van der Waals surface area contributed by atoms with Crippen LogP contribution in [0.25, 0.3) is 0 Å². The van der Waals surface area contributed by atoms with Crippen LogP contribution in [0.4, 0.5) is 10.1 Å². The van der Waals surface area contributed by atoms with Crippen molar-refractivity contribution in [3.63, 3.8) is 0 Å². The molecule has 0 spiro atoms. The van der Waals surface area contributed by atoms with Gasteiger partial charge in [-0.2, -0.15) is 0 Å². The largest absolute Gasteiger partial charge is 0.478 e. The lowest BCUT2D eigenvalue weighted by molar-refractivity contribution is -0.116. The highest BCUT2D eigenvalue weighted by molar-refractivity contribution is 5.94. The Hall–Kier alpha value is -1.95. The van der Waals surface area contributed by atoms with Gasteiger partial charge in [0, 0.05) is 12.1 Å². The molecule has 1 aliphatic rings. The third-order valence-corrected chi connectivity index (χ3v) is 3.42. The Morgan fingerprint density at radius 3 is 2.90 bits per heavy atom. The van der Waals surface area contributed by atoms with E-state index in [1.54, 1.807) is 0 Å². The molecule has 1 saturated heterocycles. The second kappa shape index (κ2) is 6.47. The van der Waals surface area contributed by atoms with Crippen LogP contribution >= 0.6 is 0 Å². The molecular formula is C14H17FN2O3. The lowest BCUT2D eigenvalue weighted by atomic mass is 10.0. The van der Waals surface area contributed by atoms with Gasteiger partial charge in [-0.25, -0.2) is 9.18 Å². The number of nitrogens with one attached hydrogen (secondary N) is 2. The van der Waals surface area contributed by atoms with Crippen LogP contribution in [0.2, 0.25) is 0 Å². The van der Waals surface area contributed by atoms with Crippen molar-refractivity contribution in [3.8, 4) is 0 Å². The molecule has 1 atom stereocenters. The van der Waals surface area contributed by atoms with Crippen LogP contribution in [0, 0.1) is 11.7 Å². The number of hydrogen-bond acceptors (Lipinski definition) is 3. The molecular weight excluding hydrogens is 263 g/mol. The summed E-state index contributed by atoms with van der Waals surface area (Å²) in [5.74, 6) is -1.83. The maximum atomic E-state index is 13.2. The average molecular weight is 280 g/mol. The minimum absolute atomic E-state index is 0.181. The maximum absolute atomic E-state index is 13.2. The number of aromatic carboxylic acids is 1. The second-order valence-electron chi connectivity index (χ2n) is 4.95. The van der Waals surface area contributed by atoms with E-state index in [4.69, 9.17) is 5.11 Å². The van der Waals surface area contributed by atoms with Gasteiger partial charge in [0.15, 0.2) is 0 Å². The number of hydrogen-bond donors (Lipinski definition) is 3. The zero-order valence-electron chi connectivity index (χ0n) is 11.0. The first-order valence-electron chi connectivity index (χ1n) is 6.59. The fourth-order valence-electron chi connectivity index (χ4n) is 2.29. The number of rotatable bonds is 5. The summed E-state index contributed by atoms with van der Waals surface area (Å²) in [7, 11) is 0. The van der Waals surface area contributed by atoms with Gasteiger partial charge in [-0.3, -0.25) is 4.79 Å². The Morgan fingerprint density at radius 2 is 2.25 bits per heavy atom.